The standard InChI is InChI=1S/C26H19IN2O3S2/c1-2-31-22-13-17(12-21(27)24(22)32-16-19-9-7-6-8-18(19)15-28)14-23-25(30)29(26(33)34-23)20-10-4-3-5-11-20/h3-14H,2,16H2,1H3/b23-14+. The molecule has 1 aliphatic rings. The van der Waals surface area contributed by atoms with Crippen LogP contribution in [0.25, 0.3) is 6.08 Å². The minimum Gasteiger partial charge on any atom is -0.490 e. The quantitative estimate of drug-likeness (QED) is 0.175. The maximum absolute atomic E-state index is 13.1. The molecule has 3 aromatic carbocycles. The molecule has 0 aliphatic carbocycles. The minimum absolute atomic E-state index is 0.150. The lowest BCUT2D eigenvalue weighted by atomic mass is 10.1. The predicted molar refractivity (Wildman–Crippen MR) is 148 cm³/mol. The lowest BCUT2D eigenvalue weighted by molar-refractivity contribution is -0.113. The van der Waals surface area contributed by atoms with Crippen LogP contribution >= 0.6 is 46.6 Å². The number of benzene rings is 3. The summed E-state index contributed by atoms with van der Waals surface area (Å²) in [6.45, 7) is 2.61. The molecule has 0 unspecified atom stereocenters. The van der Waals surface area contributed by atoms with Crippen molar-refractivity contribution in [3.05, 3.63) is 91.9 Å². The number of thioether (sulfide) groups is 1. The van der Waals surface area contributed by atoms with Crippen LogP contribution in [0.2, 0.25) is 0 Å². The van der Waals surface area contributed by atoms with E-state index in [1.807, 2.05) is 73.7 Å². The number of amides is 1. The Balaban J connectivity index is 1.61. The van der Waals surface area contributed by atoms with E-state index in [1.165, 1.54) is 11.8 Å². The van der Waals surface area contributed by atoms with Crippen LogP contribution < -0.4 is 14.4 Å². The predicted octanol–water partition coefficient (Wildman–Crippen LogP) is 6.55. The number of halogens is 1. The van der Waals surface area contributed by atoms with E-state index in [1.54, 1.807) is 11.0 Å². The average molecular weight is 598 g/mol. The van der Waals surface area contributed by atoms with Gasteiger partial charge in [-0.3, -0.25) is 9.69 Å². The van der Waals surface area contributed by atoms with Gasteiger partial charge in [-0.25, -0.2) is 0 Å². The molecule has 0 radical (unpaired) electrons. The Morgan fingerprint density at radius 2 is 1.85 bits per heavy atom. The Morgan fingerprint density at radius 3 is 2.59 bits per heavy atom. The summed E-state index contributed by atoms with van der Waals surface area (Å²) in [5, 5.41) is 9.33. The zero-order valence-electron chi connectivity index (χ0n) is 18.2. The monoisotopic (exact) mass is 598 g/mol. The number of para-hydroxylation sites is 1. The van der Waals surface area contributed by atoms with Gasteiger partial charge in [0.1, 0.15) is 6.61 Å². The molecule has 1 heterocycles. The van der Waals surface area contributed by atoms with Crippen LogP contribution in [0.5, 0.6) is 11.5 Å². The molecule has 0 aromatic heterocycles. The Hall–Kier alpha value is -2.87. The summed E-state index contributed by atoms with van der Waals surface area (Å²) in [4.78, 5) is 15.2. The molecule has 0 spiro atoms. The molecule has 1 saturated heterocycles. The summed E-state index contributed by atoms with van der Waals surface area (Å²) < 4.78 is 13.3. The zero-order chi connectivity index (χ0) is 24.1. The van der Waals surface area contributed by atoms with E-state index in [2.05, 4.69) is 28.7 Å². The summed E-state index contributed by atoms with van der Waals surface area (Å²) in [6.07, 6.45) is 1.82. The molecule has 0 atom stereocenters. The second-order valence-electron chi connectivity index (χ2n) is 7.17. The molecule has 4 rings (SSSR count). The lowest BCUT2D eigenvalue weighted by Gasteiger charge is -2.15. The first-order valence-electron chi connectivity index (χ1n) is 10.4. The fraction of sp³-hybridized carbons (Fsp3) is 0.115. The van der Waals surface area contributed by atoms with Crippen molar-refractivity contribution in [3.63, 3.8) is 0 Å². The van der Waals surface area contributed by atoms with Crippen molar-refractivity contribution < 1.29 is 14.3 Å². The van der Waals surface area contributed by atoms with E-state index < -0.39 is 0 Å². The van der Waals surface area contributed by atoms with Gasteiger partial charge in [0.25, 0.3) is 5.91 Å². The van der Waals surface area contributed by atoms with Crippen molar-refractivity contribution in [1.82, 2.24) is 0 Å². The lowest BCUT2D eigenvalue weighted by Crippen LogP contribution is -2.27. The zero-order valence-corrected chi connectivity index (χ0v) is 21.9. The number of rotatable bonds is 7. The molecule has 5 nitrogen and oxygen atoms in total. The number of carbonyl (C=O) groups excluding carboxylic acids is 1. The second-order valence-corrected chi connectivity index (χ2v) is 10.0. The van der Waals surface area contributed by atoms with Gasteiger partial charge in [-0.05, 0) is 71.5 Å². The third kappa shape index (κ3) is 5.27. The van der Waals surface area contributed by atoms with Crippen LogP contribution in [0.3, 0.4) is 0 Å². The van der Waals surface area contributed by atoms with Crippen molar-refractivity contribution >= 4 is 68.6 Å². The third-order valence-corrected chi connectivity index (χ3v) is 7.05. The topological polar surface area (TPSA) is 62.6 Å². The highest BCUT2D eigenvalue weighted by Gasteiger charge is 2.33. The van der Waals surface area contributed by atoms with E-state index in [0.717, 1.165) is 20.4 Å². The Kier molecular flexibility index (Phi) is 7.88. The van der Waals surface area contributed by atoms with E-state index >= 15 is 0 Å². The van der Waals surface area contributed by atoms with Gasteiger partial charge < -0.3 is 9.47 Å². The van der Waals surface area contributed by atoms with Crippen molar-refractivity contribution in [2.45, 2.75) is 13.5 Å². The van der Waals surface area contributed by atoms with Crippen LogP contribution in [0.15, 0.2) is 71.6 Å². The van der Waals surface area contributed by atoms with Gasteiger partial charge in [0.2, 0.25) is 0 Å². The van der Waals surface area contributed by atoms with Gasteiger partial charge in [0, 0.05) is 5.56 Å². The smallest absolute Gasteiger partial charge is 0.270 e. The summed E-state index contributed by atoms with van der Waals surface area (Å²) >= 11 is 8.94. The highest BCUT2D eigenvalue weighted by molar-refractivity contribution is 14.1. The molecule has 0 bridgehead atoms. The molecule has 8 heteroatoms. The van der Waals surface area contributed by atoms with Crippen LogP contribution in [0.4, 0.5) is 5.69 Å². The number of ether oxygens (including phenoxy) is 2. The number of hydrogen-bond donors (Lipinski definition) is 0. The number of nitrogens with zero attached hydrogens (tertiary/aromatic N) is 2. The van der Waals surface area contributed by atoms with Crippen LogP contribution in [0, 0.1) is 14.9 Å². The summed E-state index contributed by atoms with van der Waals surface area (Å²) in [5.74, 6) is 1.03. The molecular formula is C26H19IN2O3S2. The maximum Gasteiger partial charge on any atom is 0.270 e. The van der Waals surface area contributed by atoms with E-state index in [9.17, 15) is 10.1 Å². The van der Waals surface area contributed by atoms with Crippen molar-refractivity contribution in [2.24, 2.45) is 0 Å². The molecular weight excluding hydrogens is 579 g/mol. The first kappa shape index (κ1) is 24.3. The number of nitriles is 1. The van der Waals surface area contributed by atoms with Gasteiger partial charge >= 0.3 is 0 Å². The number of carbonyl (C=O) groups is 1. The molecule has 0 N–H and O–H groups in total. The highest BCUT2D eigenvalue weighted by Crippen LogP contribution is 2.39. The summed E-state index contributed by atoms with van der Waals surface area (Å²) in [6, 6.07) is 22.7. The Morgan fingerprint density at radius 1 is 1.12 bits per heavy atom. The number of hydrogen-bond acceptors (Lipinski definition) is 6. The summed E-state index contributed by atoms with van der Waals surface area (Å²) in [7, 11) is 0. The SMILES string of the molecule is CCOc1cc(/C=C2/SC(=S)N(c3ccccc3)C2=O)cc(I)c1OCc1ccccc1C#N. The van der Waals surface area contributed by atoms with E-state index in [0.29, 0.717) is 32.9 Å². The normalized spacial score (nSPS) is 14.4. The van der Waals surface area contributed by atoms with E-state index in [4.69, 9.17) is 21.7 Å². The van der Waals surface area contributed by atoms with Gasteiger partial charge in [-0.2, -0.15) is 5.26 Å². The molecule has 34 heavy (non-hydrogen) atoms. The fourth-order valence-corrected chi connectivity index (χ4v) is 5.48. The summed E-state index contributed by atoms with van der Waals surface area (Å²) in [5.41, 5.74) is 2.94. The third-order valence-electron chi connectivity index (χ3n) is 4.95. The van der Waals surface area contributed by atoms with Gasteiger partial charge in [-0.1, -0.05) is 60.4 Å². The highest BCUT2D eigenvalue weighted by atomic mass is 127. The first-order valence-corrected chi connectivity index (χ1v) is 12.7. The maximum atomic E-state index is 13.1. The van der Waals surface area contributed by atoms with Crippen LogP contribution in [0.1, 0.15) is 23.6 Å². The van der Waals surface area contributed by atoms with Gasteiger partial charge in [0.15, 0.2) is 15.8 Å². The number of thiocarbonyl (C=S) groups is 1. The molecule has 0 saturated carbocycles. The molecule has 170 valence electrons. The minimum atomic E-state index is -0.150. The first-order chi connectivity index (χ1) is 16.5. The van der Waals surface area contributed by atoms with Crippen molar-refractivity contribution in [2.75, 3.05) is 11.5 Å². The van der Waals surface area contributed by atoms with Crippen molar-refractivity contribution in [1.29, 1.82) is 5.26 Å². The second kappa shape index (κ2) is 11.0. The van der Waals surface area contributed by atoms with Crippen LogP contribution in [-0.2, 0) is 11.4 Å². The largest absolute Gasteiger partial charge is 0.490 e. The molecule has 3 aromatic rings. The molecule has 1 aliphatic heterocycles. The molecule has 1 amide bonds. The van der Waals surface area contributed by atoms with E-state index in [-0.39, 0.29) is 12.5 Å². The molecule has 1 fully saturated rings. The Bertz CT molecular complexity index is 1320. The van der Waals surface area contributed by atoms with Crippen LogP contribution in [-0.4, -0.2) is 16.8 Å². The number of anilines is 1. The van der Waals surface area contributed by atoms with Gasteiger partial charge in [-0.15, -0.1) is 0 Å². The van der Waals surface area contributed by atoms with Gasteiger partial charge in [0.05, 0.1) is 32.4 Å². The Labute approximate surface area is 221 Å². The fourth-order valence-electron chi connectivity index (χ4n) is 3.40. The average Bonchev–Trinajstić information content (AvgIpc) is 3.12. The van der Waals surface area contributed by atoms with Crippen molar-refractivity contribution in [3.8, 4) is 17.6 Å².